The van der Waals surface area contributed by atoms with Crippen LogP contribution in [0.5, 0.6) is 0 Å². The second-order valence-corrected chi connectivity index (χ2v) is 3.86. The summed E-state index contributed by atoms with van der Waals surface area (Å²) in [4.78, 5) is 11.5. The summed E-state index contributed by atoms with van der Waals surface area (Å²) >= 11 is 2.66. The van der Waals surface area contributed by atoms with Crippen LogP contribution in [0.1, 0.15) is 16.1 Å². The molecule has 0 aliphatic heterocycles. The summed E-state index contributed by atoms with van der Waals surface area (Å²) in [5.74, 6) is 0.0344. The highest BCUT2D eigenvalue weighted by molar-refractivity contribution is 7.08. The van der Waals surface area contributed by atoms with Crippen LogP contribution in [0.15, 0.2) is 23.0 Å². The fourth-order valence-corrected chi connectivity index (χ4v) is 2.06. The maximum Gasteiger partial charge on any atom is 0.188 e. The Bertz CT molecular complexity index is 380. The number of hydrogen-bond acceptors (Lipinski definition) is 5. The molecule has 0 amide bonds. The summed E-state index contributed by atoms with van der Waals surface area (Å²) in [5, 5.41) is 3.93. The average Bonchev–Trinajstić information content (AvgIpc) is 2.74. The molecule has 2 heterocycles. The van der Waals surface area contributed by atoms with E-state index in [9.17, 15) is 4.79 Å². The van der Waals surface area contributed by atoms with Gasteiger partial charge in [0.15, 0.2) is 5.78 Å². The van der Waals surface area contributed by atoms with Gasteiger partial charge in [-0.1, -0.05) is 0 Å². The Morgan fingerprint density at radius 3 is 3.08 bits per heavy atom. The summed E-state index contributed by atoms with van der Waals surface area (Å²) in [6, 6.07) is 1.95. The van der Waals surface area contributed by atoms with E-state index in [0.29, 0.717) is 12.1 Å². The van der Waals surface area contributed by atoms with Gasteiger partial charge in [-0.3, -0.25) is 4.79 Å². The van der Waals surface area contributed by atoms with Gasteiger partial charge >= 0.3 is 0 Å². The summed E-state index contributed by atoms with van der Waals surface area (Å²) in [5.41, 5.74) is 1.51. The standard InChI is InChI=1S/C8H6N2OS2/c11-8(7-4-9-13-10-7)3-6-1-2-12-5-6/h1-2,4-5H,3H2. The Morgan fingerprint density at radius 2 is 2.46 bits per heavy atom. The van der Waals surface area contributed by atoms with Gasteiger partial charge in [0.2, 0.25) is 0 Å². The molecule has 0 spiro atoms. The largest absolute Gasteiger partial charge is 0.292 e. The third kappa shape index (κ3) is 1.99. The molecule has 0 atom stereocenters. The molecule has 0 aliphatic carbocycles. The number of carbonyl (C=O) groups excluding carboxylic acids is 1. The highest BCUT2D eigenvalue weighted by Crippen LogP contribution is 2.09. The molecule has 2 rings (SSSR count). The normalized spacial score (nSPS) is 10.2. The zero-order valence-electron chi connectivity index (χ0n) is 6.64. The summed E-state index contributed by atoms with van der Waals surface area (Å²) in [7, 11) is 0. The van der Waals surface area contributed by atoms with Crippen molar-refractivity contribution >= 4 is 28.8 Å². The molecule has 2 aromatic rings. The van der Waals surface area contributed by atoms with Crippen molar-refractivity contribution in [2.45, 2.75) is 6.42 Å². The van der Waals surface area contributed by atoms with Crippen molar-refractivity contribution in [1.82, 2.24) is 8.75 Å². The van der Waals surface area contributed by atoms with Crippen molar-refractivity contribution in [3.63, 3.8) is 0 Å². The number of nitrogens with zero attached hydrogens (tertiary/aromatic N) is 2. The summed E-state index contributed by atoms with van der Waals surface area (Å²) in [6.45, 7) is 0. The van der Waals surface area contributed by atoms with E-state index in [1.165, 1.54) is 6.20 Å². The van der Waals surface area contributed by atoms with Crippen molar-refractivity contribution < 1.29 is 4.79 Å². The van der Waals surface area contributed by atoms with E-state index in [1.54, 1.807) is 11.3 Å². The number of aromatic nitrogens is 2. The smallest absolute Gasteiger partial charge is 0.188 e. The second-order valence-electron chi connectivity index (χ2n) is 2.52. The van der Waals surface area contributed by atoms with Gasteiger partial charge < -0.3 is 0 Å². The van der Waals surface area contributed by atoms with Crippen molar-refractivity contribution in [2.75, 3.05) is 0 Å². The fraction of sp³-hybridized carbons (Fsp3) is 0.125. The molecule has 5 heteroatoms. The van der Waals surface area contributed by atoms with Gasteiger partial charge in [0, 0.05) is 6.42 Å². The third-order valence-corrected chi connectivity index (χ3v) is 2.80. The Morgan fingerprint density at radius 1 is 1.54 bits per heavy atom. The van der Waals surface area contributed by atoms with E-state index in [4.69, 9.17) is 0 Å². The van der Waals surface area contributed by atoms with Crippen LogP contribution in [0.25, 0.3) is 0 Å². The molecule has 0 unspecified atom stereocenters. The van der Waals surface area contributed by atoms with Crippen LogP contribution in [-0.2, 0) is 6.42 Å². The van der Waals surface area contributed by atoms with Crippen molar-refractivity contribution in [1.29, 1.82) is 0 Å². The lowest BCUT2D eigenvalue weighted by Crippen LogP contribution is -2.02. The first kappa shape index (κ1) is 8.52. The average molecular weight is 210 g/mol. The molecule has 3 nitrogen and oxygen atoms in total. The van der Waals surface area contributed by atoms with Gasteiger partial charge in [0.1, 0.15) is 5.69 Å². The molecular formula is C8H6N2OS2. The van der Waals surface area contributed by atoms with Gasteiger partial charge in [-0.2, -0.15) is 20.1 Å². The molecule has 66 valence electrons. The quantitative estimate of drug-likeness (QED) is 0.728. The predicted octanol–water partition coefficient (Wildman–Crippen LogP) is 2.02. The van der Waals surface area contributed by atoms with Crippen molar-refractivity contribution in [3.05, 3.63) is 34.3 Å². The highest BCUT2D eigenvalue weighted by atomic mass is 32.1. The molecule has 0 saturated heterocycles. The Hall–Kier alpha value is -1.07. The number of hydrogen-bond donors (Lipinski definition) is 0. The minimum absolute atomic E-state index is 0.0344. The lowest BCUT2D eigenvalue weighted by atomic mass is 10.1. The van der Waals surface area contributed by atoms with Crippen LogP contribution >= 0.6 is 23.1 Å². The number of ketones is 1. The molecule has 0 aliphatic rings. The van der Waals surface area contributed by atoms with Crippen LogP contribution < -0.4 is 0 Å². The van der Waals surface area contributed by atoms with Gasteiger partial charge in [-0.25, -0.2) is 0 Å². The Labute approximate surface area is 83.4 Å². The fourth-order valence-electron chi connectivity index (χ4n) is 0.957. The van der Waals surface area contributed by atoms with Crippen molar-refractivity contribution in [2.24, 2.45) is 0 Å². The Balaban J connectivity index is 2.08. The van der Waals surface area contributed by atoms with Gasteiger partial charge in [-0.15, -0.1) is 0 Å². The maximum absolute atomic E-state index is 11.5. The molecule has 13 heavy (non-hydrogen) atoms. The maximum atomic E-state index is 11.5. The van der Waals surface area contributed by atoms with Crippen LogP contribution in [0, 0.1) is 0 Å². The number of Topliss-reactive ketones (excluding diaryl/α,β-unsaturated/α-hetero) is 1. The number of rotatable bonds is 3. The molecule has 0 radical (unpaired) electrons. The number of thiophene rings is 1. The van der Waals surface area contributed by atoms with Gasteiger partial charge in [0.05, 0.1) is 17.9 Å². The molecular weight excluding hydrogens is 204 g/mol. The zero-order chi connectivity index (χ0) is 9.10. The third-order valence-electron chi connectivity index (χ3n) is 1.59. The Kier molecular flexibility index (Phi) is 2.47. The van der Waals surface area contributed by atoms with Crippen LogP contribution in [0.4, 0.5) is 0 Å². The molecule has 0 saturated carbocycles. The van der Waals surface area contributed by atoms with E-state index in [-0.39, 0.29) is 5.78 Å². The number of carbonyl (C=O) groups is 1. The molecule has 0 N–H and O–H groups in total. The summed E-state index contributed by atoms with van der Waals surface area (Å²) < 4.78 is 7.67. The lowest BCUT2D eigenvalue weighted by molar-refractivity contribution is 0.0989. The van der Waals surface area contributed by atoms with E-state index >= 15 is 0 Å². The van der Waals surface area contributed by atoms with Crippen LogP contribution in [0.3, 0.4) is 0 Å². The molecule has 0 aromatic carbocycles. The second kappa shape index (κ2) is 3.76. The van der Waals surface area contributed by atoms with E-state index in [0.717, 1.165) is 17.3 Å². The van der Waals surface area contributed by atoms with E-state index < -0.39 is 0 Å². The van der Waals surface area contributed by atoms with Gasteiger partial charge in [0.25, 0.3) is 0 Å². The SMILES string of the molecule is O=C(Cc1ccsc1)c1cnsn1. The zero-order valence-corrected chi connectivity index (χ0v) is 8.27. The predicted molar refractivity (Wildman–Crippen MR) is 52.3 cm³/mol. The summed E-state index contributed by atoms with van der Waals surface area (Å²) in [6.07, 6.45) is 1.94. The van der Waals surface area contributed by atoms with E-state index in [1.807, 2.05) is 16.8 Å². The minimum Gasteiger partial charge on any atom is -0.292 e. The topological polar surface area (TPSA) is 42.9 Å². The molecule has 0 fully saturated rings. The first-order valence-electron chi connectivity index (χ1n) is 3.68. The minimum atomic E-state index is 0.0344. The van der Waals surface area contributed by atoms with Crippen molar-refractivity contribution in [3.8, 4) is 0 Å². The molecule has 0 bridgehead atoms. The monoisotopic (exact) mass is 210 g/mol. The first-order valence-corrected chi connectivity index (χ1v) is 5.35. The first-order chi connectivity index (χ1) is 6.36. The van der Waals surface area contributed by atoms with Crippen LogP contribution in [-0.4, -0.2) is 14.5 Å². The highest BCUT2D eigenvalue weighted by Gasteiger charge is 2.09. The van der Waals surface area contributed by atoms with Gasteiger partial charge in [-0.05, 0) is 22.4 Å². The lowest BCUT2D eigenvalue weighted by Gasteiger charge is -1.91. The van der Waals surface area contributed by atoms with Crippen LogP contribution in [0.2, 0.25) is 0 Å². The van der Waals surface area contributed by atoms with E-state index in [2.05, 4.69) is 8.75 Å². The molecule has 2 aromatic heterocycles.